The fourth-order valence-electron chi connectivity index (χ4n) is 3.09. The van der Waals surface area contributed by atoms with E-state index in [9.17, 15) is 0 Å². The second-order valence-electron chi connectivity index (χ2n) is 6.70. The van der Waals surface area contributed by atoms with Crippen molar-refractivity contribution in [3.63, 3.8) is 0 Å². The normalized spacial score (nSPS) is 9.87. The highest BCUT2D eigenvalue weighted by atomic mass is 31.2. The number of carbonyl (C=O) groups is 1. The number of carbonyl (C=O) groups excluding carboxylic acids is 1. The molecule has 0 saturated carbocycles. The maximum atomic E-state index is 8.33. The first-order valence-corrected chi connectivity index (χ1v) is 14.7. The van der Waals surface area contributed by atoms with Gasteiger partial charge in [-0.1, -0.05) is 101 Å². The molecule has 0 saturated heterocycles. The molecule has 3 nitrogen and oxygen atoms in total. The second-order valence-corrected chi connectivity index (χ2v) is 15.0. The first-order valence-electron chi connectivity index (χ1n) is 9.67. The molecule has 0 bridgehead atoms. The molecular weight excluding hydrogens is 410 g/mol. The Labute approximate surface area is 186 Å². The molecule has 0 N–H and O–H groups in total. The van der Waals surface area contributed by atoms with E-state index in [2.05, 4.69) is 52.6 Å². The van der Waals surface area contributed by atoms with E-state index in [0.29, 0.717) is 0 Å². The van der Waals surface area contributed by atoms with Crippen LogP contribution in [0, 0.1) is 0 Å². The van der Waals surface area contributed by atoms with Crippen LogP contribution in [0.5, 0.6) is 0 Å². The minimum Gasteiger partial charge on any atom is -0.652 e. The molecule has 0 fully saturated rings. The molecule has 0 aromatic rings. The highest BCUT2D eigenvalue weighted by molar-refractivity contribution is 7.76. The Morgan fingerprint density at radius 3 is 0.633 bits per heavy atom. The lowest BCUT2D eigenvalue weighted by molar-refractivity contribution is -0.415. The largest absolute Gasteiger partial charge is 0.652 e. The van der Waals surface area contributed by atoms with Gasteiger partial charge in [0.15, 0.2) is 0 Å². The summed E-state index contributed by atoms with van der Waals surface area (Å²) in [6.07, 6.45) is 22.7. The summed E-state index contributed by atoms with van der Waals surface area (Å²) in [6, 6.07) is 0. The lowest BCUT2D eigenvalue weighted by Crippen LogP contribution is -2.37. The molecule has 30 heavy (non-hydrogen) atoms. The summed E-state index contributed by atoms with van der Waals surface area (Å²) in [5, 5.41) is 16.7. The molecule has 0 aliphatic heterocycles. The molecule has 0 aliphatic carbocycles. The van der Waals surface area contributed by atoms with Crippen LogP contribution in [0.4, 0.5) is 4.79 Å². The fraction of sp³-hybridized carbons (Fsp3) is 0.320. The topological polar surface area (TPSA) is 63.2 Å². The molecule has 5 heteroatoms. The first-order chi connectivity index (χ1) is 14.2. The first kappa shape index (κ1) is 32.7. The summed E-state index contributed by atoms with van der Waals surface area (Å²) in [7, 11) is -1.94. The number of allylic oxidation sites excluding steroid dienone is 8. The Morgan fingerprint density at radius 2 is 0.567 bits per heavy atom. The molecule has 0 amide bonds. The van der Waals surface area contributed by atoms with Gasteiger partial charge >= 0.3 is 0 Å². The summed E-state index contributed by atoms with van der Waals surface area (Å²) < 4.78 is 0. The van der Waals surface area contributed by atoms with Crippen LogP contribution in [-0.4, -0.2) is 55.5 Å². The van der Waals surface area contributed by atoms with E-state index in [0.717, 1.165) is 49.3 Å². The van der Waals surface area contributed by atoms with Crippen LogP contribution in [-0.2, 0) is 0 Å². The van der Waals surface area contributed by atoms with E-state index in [-0.39, 0.29) is 0 Å². The Morgan fingerprint density at radius 1 is 0.467 bits per heavy atom. The molecule has 0 unspecified atom stereocenters. The van der Waals surface area contributed by atoms with Crippen LogP contribution in [0.15, 0.2) is 101 Å². The van der Waals surface area contributed by atoms with Crippen LogP contribution < -0.4 is 10.2 Å². The van der Waals surface area contributed by atoms with E-state index < -0.39 is 20.7 Å². The molecule has 0 radical (unpaired) electrons. The summed E-state index contributed by atoms with van der Waals surface area (Å²) in [4.78, 5) is 8.33. The smallest absolute Gasteiger partial charge is 0.0780 e. The SMILES string of the molecule is C=CC[P+](CC=C)(CC=C)CC=C.C=CC[P+](CC=C)(CC=C)CC=C.O=C([O-])[O-]. The van der Waals surface area contributed by atoms with Crippen LogP contribution in [0.25, 0.3) is 0 Å². The van der Waals surface area contributed by atoms with E-state index in [4.69, 9.17) is 15.0 Å². The molecular formula is C25H40O3P2. The van der Waals surface area contributed by atoms with Gasteiger partial charge in [0.25, 0.3) is 0 Å². The minimum atomic E-state index is -2.33. The van der Waals surface area contributed by atoms with Crippen molar-refractivity contribution in [3.05, 3.63) is 101 Å². The maximum absolute atomic E-state index is 8.33. The Bertz CT molecular complexity index is 426. The lowest BCUT2D eigenvalue weighted by atomic mass is 10.7. The monoisotopic (exact) mass is 450 g/mol. The van der Waals surface area contributed by atoms with Crippen molar-refractivity contribution in [2.75, 3.05) is 49.3 Å². The molecule has 0 rings (SSSR count). The Kier molecular flexibility index (Phi) is 23.7. The number of hydrogen-bond acceptors (Lipinski definition) is 3. The van der Waals surface area contributed by atoms with Gasteiger partial charge in [-0.15, -0.1) is 0 Å². The van der Waals surface area contributed by atoms with Crippen molar-refractivity contribution in [3.8, 4) is 0 Å². The van der Waals surface area contributed by atoms with Crippen molar-refractivity contribution >= 4 is 20.7 Å². The highest BCUT2D eigenvalue weighted by Crippen LogP contribution is 2.59. The standard InChI is InChI=1S/2C12H20P.CH2O3/c2*1-5-9-13(10-6-2,11-7-3)12-8-4;2-1(3)4/h2*5-8H,1-4,9-12H2;(H2,2,3,4)/q2*+1;/p-2. The fourth-order valence-corrected chi connectivity index (χ4v) is 9.26. The predicted octanol–water partition coefficient (Wildman–Crippen LogP) is 5.05. The van der Waals surface area contributed by atoms with E-state index in [1.54, 1.807) is 0 Å². The average molecular weight is 451 g/mol. The number of rotatable bonds is 16. The van der Waals surface area contributed by atoms with Crippen molar-refractivity contribution in [1.29, 1.82) is 0 Å². The van der Waals surface area contributed by atoms with Gasteiger partial charge in [0, 0.05) is 14.5 Å². The third-order valence-electron chi connectivity index (χ3n) is 4.13. The number of carboxylic acid groups (broad SMARTS) is 2. The molecule has 0 aromatic heterocycles. The summed E-state index contributed by atoms with van der Waals surface area (Å²) in [6.45, 7) is 30.5. The predicted molar refractivity (Wildman–Crippen MR) is 140 cm³/mol. The van der Waals surface area contributed by atoms with E-state index in [1.165, 1.54) is 0 Å². The number of hydrogen-bond donors (Lipinski definition) is 0. The zero-order chi connectivity index (χ0) is 23.9. The van der Waals surface area contributed by atoms with Crippen LogP contribution in [0.2, 0.25) is 0 Å². The van der Waals surface area contributed by atoms with Crippen molar-refractivity contribution in [1.82, 2.24) is 0 Å². The third-order valence-corrected chi connectivity index (χ3v) is 12.4. The minimum absolute atomic E-state index is 0.968. The summed E-state index contributed by atoms with van der Waals surface area (Å²) in [5.41, 5.74) is 0. The van der Waals surface area contributed by atoms with Crippen LogP contribution in [0.1, 0.15) is 0 Å². The zero-order valence-corrected chi connectivity index (χ0v) is 20.3. The van der Waals surface area contributed by atoms with Gasteiger partial charge in [-0.25, -0.2) is 0 Å². The van der Waals surface area contributed by atoms with Gasteiger partial charge in [-0.05, 0) is 6.16 Å². The zero-order valence-electron chi connectivity index (χ0n) is 18.6. The highest BCUT2D eigenvalue weighted by Gasteiger charge is 2.32. The van der Waals surface area contributed by atoms with Gasteiger partial charge in [-0.2, -0.15) is 0 Å². The van der Waals surface area contributed by atoms with Gasteiger partial charge in [0.2, 0.25) is 0 Å². The van der Waals surface area contributed by atoms with Gasteiger partial charge in [-0.3, -0.25) is 0 Å². The van der Waals surface area contributed by atoms with Crippen molar-refractivity contribution < 1.29 is 15.0 Å². The average Bonchev–Trinajstić information content (AvgIpc) is 2.64. The van der Waals surface area contributed by atoms with Crippen molar-refractivity contribution in [2.24, 2.45) is 0 Å². The molecule has 0 spiro atoms. The van der Waals surface area contributed by atoms with Gasteiger partial charge < -0.3 is 15.0 Å². The van der Waals surface area contributed by atoms with Crippen LogP contribution in [0.3, 0.4) is 0 Å². The Balaban J connectivity index is -0.000000412. The second kappa shape index (κ2) is 21.8. The quantitative estimate of drug-likeness (QED) is 0.244. The van der Waals surface area contributed by atoms with Gasteiger partial charge in [0.1, 0.15) is 0 Å². The van der Waals surface area contributed by atoms with Crippen molar-refractivity contribution in [2.45, 2.75) is 0 Å². The Hall–Kier alpha value is -1.95. The molecule has 0 aliphatic rings. The van der Waals surface area contributed by atoms with E-state index in [1.807, 2.05) is 48.6 Å². The van der Waals surface area contributed by atoms with Gasteiger partial charge in [0.05, 0.1) is 49.3 Å². The third kappa shape index (κ3) is 18.1. The summed E-state index contributed by atoms with van der Waals surface area (Å²) >= 11 is 0. The molecule has 0 atom stereocenters. The van der Waals surface area contributed by atoms with Crippen LogP contribution >= 0.6 is 14.5 Å². The van der Waals surface area contributed by atoms with E-state index >= 15 is 0 Å². The molecule has 0 heterocycles. The molecule has 0 aromatic carbocycles. The summed E-state index contributed by atoms with van der Waals surface area (Å²) in [5.74, 6) is 0. The maximum Gasteiger partial charge on any atom is 0.0780 e. The molecule has 168 valence electrons. The lowest BCUT2D eigenvalue weighted by Gasteiger charge is -2.22.